The standard InChI is InChI=1S/C12H16N4O2/c1-2-16(6-3-7-18-12(14)17)11-5-4-10(8-13)9-15-11/h4-5,9H,2-3,6-7H2,1H3,(H2,14,17). The topological polar surface area (TPSA) is 92.2 Å². The quantitative estimate of drug-likeness (QED) is 0.765. The highest BCUT2D eigenvalue weighted by molar-refractivity contribution is 5.64. The van der Waals surface area contributed by atoms with Crippen LogP contribution in [0.3, 0.4) is 0 Å². The van der Waals surface area contributed by atoms with Crippen LogP contribution >= 0.6 is 0 Å². The van der Waals surface area contributed by atoms with Crippen molar-refractivity contribution in [2.45, 2.75) is 13.3 Å². The van der Waals surface area contributed by atoms with E-state index in [2.05, 4.69) is 9.72 Å². The number of ether oxygens (including phenoxy) is 1. The second kappa shape index (κ2) is 7.12. The summed E-state index contributed by atoms with van der Waals surface area (Å²) in [6.07, 6.45) is 1.46. The Labute approximate surface area is 106 Å². The summed E-state index contributed by atoms with van der Waals surface area (Å²) >= 11 is 0. The first-order valence-electron chi connectivity index (χ1n) is 5.70. The maximum atomic E-state index is 10.4. The van der Waals surface area contributed by atoms with Crippen molar-refractivity contribution in [3.05, 3.63) is 23.9 Å². The summed E-state index contributed by atoms with van der Waals surface area (Å²) < 4.78 is 4.66. The van der Waals surface area contributed by atoms with Crippen LogP contribution in [0.4, 0.5) is 10.6 Å². The first-order chi connectivity index (χ1) is 8.67. The van der Waals surface area contributed by atoms with Gasteiger partial charge in [-0.1, -0.05) is 0 Å². The first-order valence-corrected chi connectivity index (χ1v) is 5.70. The average Bonchev–Trinajstić information content (AvgIpc) is 2.39. The van der Waals surface area contributed by atoms with Crippen molar-refractivity contribution >= 4 is 11.9 Å². The fourth-order valence-corrected chi connectivity index (χ4v) is 1.50. The van der Waals surface area contributed by atoms with Crippen LogP contribution in [0.25, 0.3) is 0 Å². The molecular weight excluding hydrogens is 232 g/mol. The molecule has 6 heteroatoms. The summed E-state index contributed by atoms with van der Waals surface area (Å²) in [6, 6.07) is 5.55. The van der Waals surface area contributed by atoms with Crippen LogP contribution in [0, 0.1) is 11.3 Å². The molecule has 0 spiro atoms. The lowest BCUT2D eigenvalue weighted by Gasteiger charge is -2.21. The monoisotopic (exact) mass is 248 g/mol. The smallest absolute Gasteiger partial charge is 0.404 e. The summed E-state index contributed by atoms with van der Waals surface area (Å²) in [4.78, 5) is 16.6. The maximum absolute atomic E-state index is 10.4. The Bertz CT molecular complexity index is 425. The van der Waals surface area contributed by atoms with E-state index in [1.807, 2.05) is 17.9 Å². The number of nitriles is 1. The number of amides is 1. The van der Waals surface area contributed by atoms with Gasteiger partial charge in [-0.2, -0.15) is 5.26 Å². The molecule has 0 aliphatic heterocycles. The summed E-state index contributed by atoms with van der Waals surface area (Å²) in [5, 5.41) is 8.69. The Kier molecular flexibility index (Phi) is 5.45. The van der Waals surface area contributed by atoms with Gasteiger partial charge in [0.25, 0.3) is 0 Å². The molecule has 2 N–H and O–H groups in total. The van der Waals surface area contributed by atoms with Crippen molar-refractivity contribution in [3.63, 3.8) is 0 Å². The minimum atomic E-state index is -0.755. The Hall–Kier alpha value is -2.29. The zero-order valence-electron chi connectivity index (χ0n) is 10.3. The molecule has 0 radical (unpaired) electrons. The van der Waals surface area contributed by atoms with E-state index in [0.29, 0.717) is 25.1 Å². The molecule has 0 atom stereocenters. The lowest BCUT2D eigenvalue weighted by Crippen LogP contribution is -2.26. The van der Waals surface area contributed by atoms with Gasteiger partial charge in [-0.15, -0.1) is 0 Å². The third-order valence-electron chi connectivity index (χ3n) is 2.40. The Morgan fingerprint density at radius 2 is 2.39 bits per heavy atom. The number of primary amides is 1. The van der Waals surface area contributed by atoms with E-state index in [1.54, 1.807) is 12.1 Å². The molecule has 0 aliphatic carbocycles. The van der Waals surface area contributed by atoms with Crippen LogP contribution in [-0.4, -0.2) is 30.8 Å². The fraction of sp³-hybridized carbons (Fsp3) is 0.417. The predicted octanol–water partition coefficient (Wildman–Crippen LogP) is 1.26. The zero-order valence-corrected chi connectivity index (χ0v) is 10.3. The number of rotatable bonds is 6. The molecule has 0 aliphatic rings. The predicted molar refractivity (Wildman–Crippen MR) is 67.0 cm³/mol. The molecule has 1 rings (SSSR count). The van der Waals surface area contributed by atoms with Gasteiger partial charge in [0.15, 0.2) is 0 Å². The number of pyridine rings is 1. The van der Waals surface area contributed by atoms with E-state index in [-0.39, 0.29) is 0 Å². The lowest BCUT2D eigenvalue weighted by molar-refractivity contribution is 0.156. The Balaban J connectivity index is 2.49. The van der Waals surface area contributed by atoms with Gasteiger partial charge in [0, 0.05) is 19.3 Å². The number of nitrogens with zero attached hydrogens (tertiary/aromatic N) is 3. The molecule has 96 valence electrons. The van der Waals surface area contributed by atoms with Gasteiger partial charge in [-0.3, -0.25) is 0 Å². The third-order valence-corrected chi connectivity index (χ3v) is 2.40. The summed E-state index contributed by atoms with van der Waals surface area (Å²) in [6.45, 7) is 3.80. The van der Waals surface area contributed by atoms with Gasteiger partial charge in [0.2, 0.25) is 0 Å². The van der Waals surface area contributed by atoms with Crippen LogP contribution in [0.2, 0.25) is 0 Å². The van der Waals surface area contributed by atoms with Gasteiger partial charge < -0.3 is 15.4 Å². The van der Waals surface area contributed by atoms with Gasteiger partial charge in [-0.05, 0) is 25.5 Å². The number of anilines is 1. The van der Waals surface area contributed by atoms with Crippen LogP contribution in [0.1, 0.15) is 18.9 Å². The van der Waals surface area contributed by atoms with E-state index in [9.17, 15) is 4.79 Å². The molecular formula is C12H16N4O2. The Morgan fingerprint density at radius 1 is 1.61 bits per heavy atom. The number of aromatic nitrogens is 1. The van der Waals surface area contributed by atoms with Crippen LogP contribution < -0.4 is 10.6 Å². The largest absolute Gasteiger partial charge is 0.450 e. The molecule has 0 aromatic carbocycles. The molecule has 0 saturated carbocycles. The van der Waals surface area contributed by atoms with Gasteiger partial charge in [0.05, 0.1) is 12.2 Å². The van der Waals surface area contributed by atoms with Crippen LogP contribution in [0.15, 0.2) is 18.3 Å². The normalized spacial score (nSPS) is 9.56. The number of carbonyl (C=O) groups excluding carboxylic acids is 1. The highest BCUT2D eigenvalue weighted by atomic mass is 16.5. The van der Waals surface area contributed by atoms with Gasteiger partial charge in [0.1, 0.15) is 11.9 Å². The molecule has 1 heterocycles. The number of hydrogen-bond acceptors (Lipinski definition) is 5. The lowest BCUT2D eigenvalue weighted by atomic mass is 10.3. The second-order valence-corrected chi connectivity index (χ2v) is 3.62. The van der Waals surface area contributed by atoms with E-state index in [0.717, 1.165) is 12.4 Å². The molecule has 0 unspecified atom stereocenters. The van der Waals surface area contributed by atoms with E-state index in [1.165, 1.54) is 6.20 Å². The molecule has 1 aromatic rings. The fourth-order valence-electron chi connectivity index (χ4n) is 1.50. The molecule has 18 heavy (non-hydrogen) atoms. The molecule has 6 nitrogen and oxygen atoms in total. The van der Waals surface area contributed by atoms with Crippen molar-refractivity contribution in [2.75, 3.05) is 24.6 Å². The molecule has 1 amide bonds. The van der Waals surface area contributed by atoms with E-state index in [4.69, 9.17) is 11.0 Å². The average molecular weight is 248 g/mol. The maximum Gasteiger partial charge on any atom is 0.404 e. The summed E-state index contributed by atoms with van der Waals surface area (Å²) in [7, 11) is 0. The van der Waals surface area contributed by atoms with Crippen LogP contribution in [0.5, 0.6) is 0 Å². The van der Waals surface area contributed by atoms with Crippen molar-refractivity contribution in [1.82, 2.24) is 4.98 Å². The minimum Gasteiger partial charge on any atom is -0.450 e. The molecule has 0 fully saturated rings. The molecule has 0 bridgehead atoms. The van der Waals surface area contributed by atoms with Crippen molar-refractivity contribution < 1.29 is 9.53 Å². The van der Waals surface area contributed by atoms with Gasteiger partial charge >= 0.3 is 6.09 Å². The highest BCUT2D eigenvalue weighted by Gasteiger charge is 2.05. The SMILES string of the molecule is CCN(CCCOC(N)=O)c1ccc(C#N)cn1. The van der Waals surface area contributed by atoms with Crippen molar-refractivity contribution in [1.29, 1.82) is 5.26 Å². The second-order valence-electron chi connectivity index (χ2n) is 3.62. The van der Waals surface area contributed by atoms with Gasteiger partial charge in [-0.25, -0.2) is 9.78 Å². The number of nitrogens with two attached hydrogens (primary N) is 1. The summed E-state index contributed by atoms with van der Waals surface area (Å²) in [5.41, 5.74) is 5.40. The van der Waals surface area contributed by atoms with Crippen molar-refractivity contribution in [3.8, 4) is 6.07 Å². The summed E-state index contributed by atoms with van der Waals surface area (Å²) in [5.74, 6) is 0.801. The van der Waals surface area contributed by atoms with E-state index < -0.39 is 6.09 Å². The van der Waals surface area contributed by atoms with Crippen molar-refractivity contribution in [2.24, 2.45) is 5.73 Å². The number of hydrogen-bond donors (Lipinski definition) is 1. The first kappa shape index (κ1) is 13.8. The van der Waals surface area contributed by atoms with E-state index >= 15 is 0 Å². The zero-order chi connectivity index (χ0) is 13.4. The number of carbonyl (C=O) groups is 1. The molecule has 1 aromatic heterocycles. The third kappa shape index (κ3) is 4.29. The van der Waals surface area contributed by atoms with Crippen LogP contribution in [-0.2, 0) is 4.74 Å². The highest BCUT2D eigenvalue weighted by Crippen LogP contribution is 2.11. The Morgan fingerprint density at radius 3 is 2.89 bits per heavy atom. The molecule has 0 saturated heterocycles. The minimum absolute atomic E-state index is 0.294.